The lowest BCUT2D eigenvalue weighted by Crippen LogP contribution is -2.33. The number of aromatic nitrogens is 3. The lowest BCUT2D eigenvalue weighted by molar-refractivity contribution is -0.119. The van der Waals surface area contributed by atoms with E-state index in [2.05, 4.69) is 15.3 Å². The zero-order valence-electron chi connectivity index (χ0n) is 14.7. The molecule has 2 N–H and O–H groups in total. The lowest BCUT2D eigenvalue weighted by atomic mass is 10.2. The molecule has 0 radical (unpaired) electrons. The molecule has 0 atom stereocenters. The number of aromatic amines is 1. The van der Waals surface area contributed by atoms with Crippen molar-refractivity contribution in [3.05, 3.63) is 43.6 Å². The van der Waals surface area contributed by atoms with Crippen molar-refractivity contribution in [3.63, 3.8) is 0 Å². The molecule has 1 aromatic carbocycles. The van der Waals surface area contributed by atoms with Crippen LogP contribution in [0.25, 0.3) is 16.0 Å². The van der Waals surface area contributed by atoms with Gasteiger partial charge in [0.1, 0.15) is 4.70 Å². The fourth-order valence-corrected chi connectivity index (χ4v) is 5.32. The van der Waals surface area contributed by atoms with Gasteiger partial charge in [-0.05, 0) is 49.3 Å². The van der Waals surface area contributed by atoms with Crippen molar-refractivity contribution in [3.8, 4) is 5.69 Å². The monoisotopic (exact) mass is 452 g/mol. The van der Waals surface area contributed by atoms with Crippen LogP contribution in [0.15, 0.2) is 34.2 Å². The first-order chi connectivity index (χ1) is 13.5. The van der Waals surface area contributed by atoms with E-state index in [4.69, 9.17) is 23.8 Å². The predicted octanol–water partition coefficient (Wildman–Crippen LogP) is 4.31. The number of thiazole rings is 1. The van der Waals surface area contributed by atoms with Gasteiger partial charge in [0.2, 0.25) is 5.91 Å². The molecule has 146 valence electrons. The van der Waals surface area contributed by atoms with Gasteiger partial charge in [-0.3, -0.25) is 14.2 Å². The molecule has 1 saturated carbocycles. The van der Waals surface area contributed by atoms with Gasteiger partial charge >= 0.3 is 0 Å². The zero-order valence-corrected chi connectivity index (χ0v) is 17.9. The van der Waals surface area contributed by atoms with Crippen molar-refractivity contribution in [1.82, 2.24) is 19.9 Å². The van der Waals surface area contributed by atoms with Gasteiger partial charge in [-0.15, -0.1) is 0 Å². The summed E-state index contributed by atoms with van der Waals surface area (Å²) in [4.78, 5) is 32.0. The molecular formula is C18H17ClN4O2S3. The molecule has 2 aromatic heterocycles. The molecule has 1 fully saturated rings. The zero-order chi connectivity index (χ0) is 19.7. The number of benzene rings is 1. The van der Waals surface area contributed by atoms with Crippen LogP contribution in [0, 0.1) is 3.95 Å². The van der Waals surface area contributed by atoms with Crippen molar-refractivity contribution in [1.29, 1.82) is 0 Å². The van der Waals surface area contributed by atoms with Crippen LogP contribution in [0.5, 0.6) is 0 Å². The van der Waals surface area contributed by atoms with E-state index in [1.54, 1.807) is 16.7 Å². The van der Waals surface area contributed by atoms with Crippen LogP contribution in [0.3, 0.4) is 0 Å². The van der Waals surface area contributed by atoms with Crippen molar-refractivity contribution in [2.45, 2.75) is 36.9 Å². The number of carbonyl (C=O) groups excluding carboxylic acids is 1. The number of H-pyrrole nitrogens is 1. The Morgan fingerprint density at radius 1 is 1.36 bits per heavy atom. The first-order valence-electron chi connectivity index (χ1n) is 8.85. The third-order valence-corrected chi connectivity index (χ3v) is 7.05. The van der Waals surface area contributed by atoms with E-state index in [1.807, 2.05) is 12.1 Å². The van der Waals surface area contributed by atoms with E-state index in [0.29, 0.717) is 24.5 Å². The number of amides is 1. The summed E-state index contributed by atoms with van der Waals surface area (Å²) in [7, 11) is 0. The standard InChI is InChI=1S/C18H17ClN4O2S3/c19-10-5-7-12(8-6-10)23-15-14(28-18(23)26)16(25)22-17(21-15)27-9-13(24)20-11-3-1-2-4-11/h5-8,11H,1-4,9H2,(H,20,24)(H,21,22,25). The molecule has 0 aliphatic heterocycles. The van der Waals surface area contributed by atoms with Crippen LogP contribution in [0.2, 0.25) is 5.02 Å². The highest BCUT2D eigenvalue weighted by Gasteiger charge is 2.18. The Kier molecular flexibility index (Phi) is 5.86. The van der Waals surface area contributed by atoms with Crippen LogP contribution in [0.4, 0.5) is 0 Å². The topological polar surface area (TPSA) is 79.8 Å². The average Bonchev–Trinajstić information content (AvgIpc) is 3.28. The molecule has 1 aliphatic rings. The normalized spacial score (nSPS) is 14.6. The predicted molar refractivity (Wildman–Crippen MR) is 117 cm³/mol. The fraction of sp³-hybridized carbons (Fsp3) is 0.333. The average molecular weight is 453 g/mol. The number of halogens is 1. The molecule has 1 aliphatic carbocycles. The molecule has 3 aromatic rings. The van der Waals surface area contributed by atoms with Gasteiger partial charge < -0.3 is 10.3 Å². The Hall–Kier alpha value is -1.68. The minimum absolute atomic E-state index is 0.0421. The minimum atomic E-state index is -0.257. The van der Waals surface area contributed by atoms with Gasteiger partial charge in [-0.2, -0.15) is 0 Å². The molecule has 4 rings (SSSR count). The maximum Gasteiger partial charge on any atom is 0.271 e. The number of fused-ring (bicyclic) bond motifs is 1. The Morgan fingerprint density at radius 3 is 2.79 bits per heavy atom. The largest absolute Gasteiger partial charge is 0.353 e. The summed E-state index contributed by atoms with van der Waals surface area (Å²) >= 11 is 13.8. The molecule has 6 nitrogen and oxygen atoms in total. The van der Waals surface area contributed by atoms with Crippen LogP contribution in [-0.4, -0.2) is 32.2 Å². The second kappa shape index (κ2) is 8.36. The third-order valence-electron chi connectivity index (χ3n) is 4.57. The van der Waals surface area contributed by atoms with Crippen molar-refractivity contribution in [2.24, 2.45) is 0 Å². The molecule has 0 bridgehead atoms. The fourth-order valence-electron chi connectivity index (χ4n) is 3.25. The number of hydrogen-bond acceptors (Lipinski definition) is 6. The second-order valence-corrected chi connectivity index (χ2v) is 9.59. The number of nitrogens with zero attached hydrogens (tertiary/aromatic N) is 2. The third kappa shape index (κ3) is 4.17. The number of rotatable bonds is 5. The summed E-state index contributed by atoms with van der Waals surface area (Å²) < 4.78 is 2.74. The number of carbonyl (C=O) groups is 1. The van der Waals surface area contributed by atoms with Crippen molar-refractivity contribution in [2.75, 3.05) is 5.75 Å². The first-order valence-corrected chi connectivity index (χ1v) is 11.4. The highest BCUT2D eigenvalue weighted by atomic mass is 35.5. The van der Waals surface area contributed by atoms with Gasteiger partial charge in [0, 0.05) is 16.8 Å². The van der Waals surface area contributed by atoms with Crippen molar-refractivity contribution >= 4 is 63.2 Å². The quantitative estimate of drug-likeness (QED) is 0.342. The van der Waals surface area contributed by atoms with Gasteiger partial charge in [-0.1, -0.05) is 47.5 Å². The lowest BCUT2D eigenvalue weighted by Gasteiger charge is -2.11. The van der Waals surface area contributed by atoms with E-state index < -0.39 is 0 Å². The van der Waals surface area contributed by atoms with Gasteiger partial charge in [-0.25, -0.2) is 4.98 Å². The summed E-state index contributed by atoms with van der Waals surface area (Å²) in [6.07, 6.45) is 4.40. The molecular weight excluding hydrogens is 436 g/mol. The Labute approximate surface area is 179 Å². The highest BCUT2D eigenvalue weighted by molar-refractivity contribution is 7.99. The Balaban J connectivity index is 1.60. The Bertz CT molecular complexity index is 1130. The molecule has 10 heteroatoms. The molecule has 0 saturated heterocycles. The van der Waals surface area contributed by atoms with E-state index in [0.717, 1.165) is 31.4 Å². The number of thioether (sulfide) groups is 1. The summed E-state index contributed by atoms with van der Waals surface area (Å²) in [5.74, 6) is 0.163. The Morgan fingerprint density at radius 2 is 2.07 bits per heavy atom. The summed E-state index contributed by atoms with van der Waals surface area (Å²) in [5.41, 5.74) is 1.01. The van der Waals surface area contributed by atoms with Crippen molar-refractivity contribution < 1.29 is 4.79 Å². The van der Waals surface area contributed by atoms with E-state index in [1.165, 1.54) is 23.1 Å². The van der Waals surface area contributed by atoms with Gasteiger partial charge in [0.05, 0.1) is 5.75 Å². The highest BCUT2D eigenvalue weighted by Crippen LogP contribution is 2.25. The number of hydrogen-bond donors (Lipinski definition) is 2. The minimum Gasteiger partial charge on any atom is -0.353 e. The molecule has 0 spiro atoms. The van der Waals surface area contributed by atoms with Crippen LogP contribution < -0.4 is 10.9 Å². The van der Waals surface area contributed by atoms with Crippen LogP contribution >= 0.6 is 46.9 Å². The molecule has 0 unspecified atom stereocenters. The smallest absolute Gasteiger partial charge is 0.271 e. The van der Waals surface area contributed by atoms with Crippen LogP contribution in [0.1, 0.15) is 25.7 Å². The van der Waals surface area contributed by atoms with Gasteiger partial charge in [0.15, 0.2) is 14.8 Å². The van der Waals surface area contributed by atoms with Crippen LogP contribution in [-0.2, 0) is 4.79 Å². The summed E-state index contributed by atoms with van der Waals surface area (Å²) in [6.45, 7) is 0. The number of nitrogens with one attached hydrogen (secondary N) is 2. The van der Waals surface area contributed by atoms with E-state index in [9.17, 15) is 9.59 Å². The maximum absolute atomic E-state index is 12.5. The van der Waals surface area contributed by atoms with E-state index >= 15 is 0 Å². The second-order valence-electron chi connectivity index (χ2n) is 6.54. The summed E-state index contributed by atoms with van der Waals surface area (Å²) in [6, 6.07) is 7.45. The van der Waals surface area contributed by atoms with Gasteiger partial charge in [0.25, 0.3) is 5.56 Å². The first kappa shape index (κ1) is 19.6. The van der Waals surface area contributed by atoms with E-state index in [-0.39, 0.29) is 23.3 Å². The maximum atomic E-state index is 12.5. The summed E-state index contributed by atoms with van der Waals surface area (Å²) in [5, 5.41) is 4.05. The SMILES string of the molecule is O=C(CSc1nc2c(sc(=S)n2-c2ccc(Cl)cc2)c(=O)[nH]1)NC1CCCC1. The molecule has 2 heterocycles. The molecule has 1 amide bonds. The molecule has 28 heavy (non-hydrogen) atoms.